The Hall–Kier alpha value is -3.79. The SMILES string of the molecule is COC(=O)[C@@H](Cc1ccc(O)cc1)NC(=O)[C@H](CC(=O)O)NCCC(C)c1ccc(O)c(OC)c1. The monoisotopic (exact) mass is 488 g/mol. The first-order valence-corrected chi connectivity index (χ1v) is 11.1. The third-order valence-corrected chi connectivity index (χ3v) is 5.61. The van der Waals surface area contributed by atoms with E-state index in [1.54, 1.807) is 30.3 Å². The molecule has 0 aliphatic carbocycles. The van der Waals surface area contributed by atoms with Crippen molar-refractivity contribution in [3.8, 4) is 17.2 Å². The second kappa shape index (κ2) is 13.2. The molecule has 0 aliphatic heterocycles. The summed E-state index contributed by atoms with van der Waals surface area (Å²) in [5.74, 6) is -1.99. The summed E-state index contributed by atoms with van der Waals surface area (Å²) in [6.45, 7) is 2.29. The van der Waals surface area contributed by atoms with Crippen molar-refractivity contribution >= 4 is 17.8 Å². The fraction of sp³-hybridized carbons (Fsp3) is 0.400. The third-order valence-electron chi connectivity index (χ3n) is 5.61. The highest BCUT2D eigenvalue weighted by Crippen LogP contribution is 2.30. The minimum atomic E-state index is -1.16. The Balaban J connectivity index is 2.03. The smallest absolute Gasteiger partial charge is 0.328 e. The molecule has 2 rings (SSSR count). The number of ether oxygens (including phenoxy) is 2. The standard InChI is InChI=1S/C25H32N2O8/c1-15(17-6-9-21(29)22(13-17)34-2)10-11-26-19(14-23(30)31)24(32)27-20(25(33)35-3)12-16-4-7-18(28)8-5-16/h4-9,13,15,19-20,26,28-29H,10-12,14H2,1-3H3,(H,27,32)(H,30,31)/t15?,19-,20+/m0/s1. The zero-order chi connectivity index (χ0) is 26.0. The van der Waals surface area contributed by atoms with Crippen LogP contribution < -0.4 is 15.4 Å². The number of aliphatic carboxylic acids is 1. The molecule has 0 aliphatic rings. The second-order valence-electron chi connectivity index (χ2n) is 8.18. The van der Waals surface area contributed by atoms with Crippen LogP contribution in [-0.4, -0.2) is 66.0 Å². The number of aromatic hydroxyl groups is 2. The normalized spacial score (nSPS) is 13.3. The van der Waals surface area contributed by atoms with E-state index in [-0.39, 0.29) is 23.8 Å². The molecule has 0 saturated carbocycles. The number of rotatable bonds is 13. The predicted molar refractivity (Wildman–Crippen MR) is 127 cm³/mol. The summed E-state index contributed by atoms with van der Waals surface area (Å²) in [7, 11) is 2.66. The maximum Gasteiger partial charge on any atom is 0.328 e. The largest absolute Gasteiger partial charge is 0.508 e. The highest BCUT2D eigenvalue weighted by Gasteiger charge is 2.28. The summed E-state index contributed by atoms with van der Waals surface area (Å²) in [5, 5.41) is 34.0. The Bertz CT molecular complexity index is 1010. The van der Waals surface area contributed by atoms with Gasteiger partial charge in [0.15, 0.2) is 11.5 Å². The molecule has 2 aromatic rings. The molecule has 1 amide bonds. The number of hydrogen-bond acceptors (Lipinski definition) is 8. The van der Waals surface area contributed by atoms with E-state index < -0.39 is 36.4 Å². The van der Waals surface area contributed by atoms with Gasteiger partial charge in [0.05, 0.1) is 26.7 Å². The fourth-order valence-corrected chi connectivity index (χ4v) is 3.55. The molecular formula is C25H32N2O8. The van der Waals surface area contributed by atoms with E-state index in [4.69, 9.17) is 9.47 Å². The highest BCUT2D eigenvalue weighted by molar-refractivity contribution is 5.90. The van der Waals surface area contributed by atoms with Crippen LogP contribution >= 0.6 is 0 Å². The second-order valence-corrected chi connectivity index (χ2v) is 8.18. The van der Waals surface area contributed by atoms with E-state index >= 15 is 0 Å². The van der Waals surface area contributed by atoms with Gasteiger partial charge in [-0.2, -0.15) is 0 Å². The van der Waals surface area contributed by atoms with Crippen LogP contribution in [0.5, 0.6) is 17.2 Å². The summed E-state index contributed by atoms with van der Waals surface area (Å²) in [5.41, 5.74) is 1.60. The van der Waals surface area contributed by atoms with Gasteiger partial charge in [0.25, 0.3) is 0 Å². The van der Waals surface area contributed by atoms with Crippen molar-refractivity contribution in [1.82, 2.24) is 10.6 Å². The van der Waals surface area contributed by atoms with E-state index in [0.717, 1.165) is 5.56 Å². The molecule has 190 valence electrons. The van der Waals surface area contributed by atoms with Crippen molar-refractivity contribution in [3.05, 3.63) is 53.6 Å². The van der Waals surface area contributed by atoms with Crippen molar-refractivity contribution < 1.29 is 39.2 Å². The van der Waals surface area contributed by atoms with Gasteiger partial charge in [-0.3, -0.25) is 9.59 Å². The van der Waals surface area contributed by atoms with Crippen LogP contribution in [0.1, 0.15) is 36.8 Å². The molecule has 3 atom stereocenters. The molecule has 10 nitrogen and oxygen atoms in total. The summed E-state index contributed by atoms with van der Waals surface area (Å²) < 4.78 is 9.92. The van der Waals surface area contributed by atoms with E-state index in [9.17, 15) is 29.7 Å². The third kappa shape index (κ3) is 8.49. The van der Waals surface area contributed by atoms with Crippen molar-refractivity contribution in [1.29, 1.82) is 0 Å². The van der Waals surface area contributed by atoms with Gasteiger partial charge < -0.3 is 35.4 Å². The molecule has 10 heteroatoms. The van der Waals surface area contributed by atoms with E-state index in [1.807, 2.05) is 6.92 Å². The first kappa shape index (κ1) is 27.5. The molecule has 0 saturated heterocycles. The molecule has 0 radical (unpaired) electrons. The Kier molecular flexibility index (Phi) is 10.3. The zero-order valence-corrected chi connectivity index (χ0v) is 20.0. The number of amides is 1. The number of nitrogens with one attached hydrogen (secondary N) is 2. The zero-order valence-electron chi connectivity index (χ0n) is 20.0. The Morgan fingerprint density at radius 2 is 1.69 bits per heavy atom. The number of phenolic OH excluding ortho intramolecular Hbond substituents is 2. The average molecular weight is 489 g/mol. The van der Waals surface area contributed by atoms with Crippen LogP contribution in [0.25, 0.3) is 0 Å². The number of benzene rings is 2. The molecule has 0 heterocycles. The van der Waals surface area contributed by atoms with E-state index in [1.165, 1.54) is 26.4 Å². The Morgan fingerprint density at radius 3 is 2.29 bits per heavy atom. The lowest BCUT2D eigenvalue weighted by molar-refractivity contribution is -0.145. The van der Waals surface area contributed by atoms with Crippen LogP contribution in [-0.2, 0) is 25.5 Å². The molecule has 0 spiro atoms. The molecule has 0 aromatic heterocycles. The quantitative estimate of drug-likeness (QED) is 0.266. The molecule has 5 N–H and O–H groups in total. The lowest BCUT2D eigenvalue weighted by Crippen LogP contribution is -2.52. The van der Waals surface area contributed by atoms with Gasteiger partial charge in [0.2, 0.25) is 5.91 Å². The van der Waals surface area contributed by atoms with Gasteiger partial charge in [-0.15, -0.1) is 0 Å². The van der Waals surface area contributed by atoms with E-state index in [2.05, 4.69) is 10.6 Å². The van der Waals surface area contributed by atoms with Gasteiger partial charge in [-0.05, 0) is 54.3 Å². The van der Waals surface area contributed by atoms with E-state index in [0.29, 0.717) is 24.3 Å². The first-order chi connectivity index (χ1) is 16.6. The van der Waals surface area contributed by atoms with Crippen molar-refractivity contribution in [2.75, 3.05) is 20.8 Å². The lowest BCUT2D eigenvalue weighted by Gasteiger charge is -2.22. The van der Waals surface area contributed by atoms with Gasteiger partial charge >= 0.3 is 11.9 Å². The van der Waals surface area contributed by atoms with Crippen LogP contribution in [0.3, 0.4) is 0 Å². The summed E-state index contributed by atoms with van der Waals surface area (Å²) in [4.78, 5) is 36.5. The van der Waals surface area contributed by atoms with Crippen LogP contribution in [0, 0.1) is 0 Å². The minimum Gasteiger partial charge on any atom is -0.508 e. The summed E-state index contributed by atoms with van der Waals surface area (Å²) >= 11 is 0. The molecule has 1 unspecified atom stereocenters. The first-order valence-electron chi connectivity index (χ1n) is 11.1. The molecular weight excluding hydrogens is 456 g/mol. The number of carboxylic acid groups (broad SMARTS) is 1. The predicted octanol–water partition coefficient (Wildman–Crippen LogP) is 1.93. The van der Waals surface area contributed by atoms with Crippen LogP contribution in [0.15, 0.2) is 42.5 Å². The van der Waals surface area contributed by atoms with Crippen LogP contribution in [0.2, 0.25) is 0 Å². The number of phenols is 2. The molecule has 2 aromatic carbocycles. The number of carbonyl (C=O) groups is 3. The Labute approximate surface area is 203 Å². The number of carbonyl (C=O) groups excluding carboxylic acids is 2. The van der Waals surface area contributed by atoms with Crippen molar-refractivity contribution in [2.45, 2.75) is 44.2 Å². The maximum atomic E-state index is 12.9. The summed E-state index contributed by atoms with van der Waals surface area (Å²) in [6, 6.07) is 9.10. The molecule has 0 bridgehead atoms. The summed E-state index contributed by atoms with van der Waals surface area (Å²) in [6.07, 6.45) is 0.212. The molecule has 0 fully saturated rings. The maximum absolute atomic E-state index is 12.9. The number of esters is 1. The average Bonchev–Trinajstić information content (AvgIpc) is 2.83. The van der Waals surface area contributed by atoms with Crippen molar-refractivity contribution in [3.63, 3.8) is 0 Å². The fourth-order valence-electron chi connectivity index (χ4n) is 3.55. The van der Waals surface area contributed by atoms with Gasteiger partial charge in [0, 0.05) is 6.42 Å². The van der Waals surface area contributed by atoms with Crippen molar-refractivity contribution in [2.24, 2.45) is 0 Å². The number of methoxy groups -OCH3 is 2. The molecule has 35 heavy (non-hydrogen) atoms. The van der Waals surface area contributed by atoms with Gasteiger partial charge in [-0.25, -0.2) is 4.79 Å². The minimum absolute atomic E-state index is 0.0304. The lowest BCUT2D eigenvalue weighted by atomic mass is 9.97. The number of carboxylic acids is 1. The van der Waals surface area contributed by atoms with Gasteiger partial charge in [-0.1, -0.05) is 25.1 Å². The Morgan fingerprint density at radius 1 is 1.00 bits per heavy atom. The van der Waals surface area contributed by atoms with Crippen LogP contribution in [0.4, 0.5) is 0 Å². The number of hydrogen-bond donors (Lipinski definition) is 5. The van der Waals surface area contributed by atoms with Gasteiger partial charge in [0.1, 0.15) is 11.8 Å². The highest BCUT2D eigenvalue weighted by atomic mass is 16.5. The topological polar surface area (TPSA) is 154 Å².